The Labute approximate surface area is 118 Å². The summed E-state index contributed by atoms with van der Waals surface area (Å²) in [6.45, 7) is 0. The number of aromatic carboxylic acids is 1. The van der Waals surface area contributed by atoms with Crippen LogP contribution in [0, 0.1) is 5.82 Å². The van der Waals surface area contributed by atoms with Crippen LogP contribution in [0.4, 0.5) is 4.39 Å². The van der Waals surface area contributed by atoms with Crippen LogP contribution < -0.4 is 0 Å². The van der Waals surface area contributed by atoms with E-state index >= 15 is 0 Å². The summed E-state index contributed by atoms with van der Waals surface area (Å²) < 4.78 is 13.7. The van der Waals surface area contributed by atoms with Crippen molar-refractivity contribution in [2.24, 2.45) is 0 Å². The van der Waals surface area contributed by atoms with E-state index in [0.717, 1.165) is 0 Å². The number of nitrogens with zero attached hydrogens (tertiary/aromatic N) is 1. The standard InChI is InChI=1S/C13H8Cl2FNO2/c14-10-3-1-2-7(12(10)16)4-8-5-9(13(18)19)11(15)6-17-8/h1-3,5-6H,4H2,(H,18,19). The highest BCUT2D eigenvalue weighted by Crippen LogP contribution is 2.22. The minimum atomic E-state index is -1.15. The van der Waals surface area contributed by atoms with Crippen molar-refractivity contribution in [1.29, 1.82) is 0 Å². The monoisotopic (exact) mass is 299 g/mol. The number of carboxylic acids is 1. The van der Waals surface area contributed by atoms with Gasteiger partial charge in [0.1, 0.15) is 5.82 Å². The first-order chi connectivity index (χ1) is 8.99. The molecule has 0 aliphatic carbocycles. The molecular weight excluding hydrogens is 292 g/mol. The molecule has 1 heterocycles. The highest BCUT2D eigenvalue weighted by molar-refractivity contribution is 6.33. The maximum absolute atomic E-state index is 13.7. The Hall–Kier alpha value is -1.65. The number of carbonyl (C=O) groups is 1. The molecule has 0 saturated carbocycles. The third-order valence-electron chi connectivity index (χ3n) is 2.55. The molecule has 3 nitrogen and oxygen atoms in total. The first-order valence-corrected chi connectivity index (χ1v) is 6.05. The van der Waals surface area contributed by atoms with Crippen LogP contribution in [0.2, 0.25) is 10.0 Å². The van der Waals surface area contributed by atoms with Crippen LogP contribution in [0.3, 0.4) is 0 Å². The van der Waals surface area contributed by atoms with Crippen LogP contribution >= 0.6 is 23.2 Å². The van der Waals surface area contributed by atoms with Gasteiger partial charge in [-0.15, -0.1) is 0 Å². The minimum Gasteiger partial charge on any atom is -0.478 e. The Morgan fingerprint density at radius 1 is 1.32 bits per heavy atom. The third-order valence-corrected chi connectivity index (χ3v) is 3.14. The molecule has 0 atom stereocenters. The van der Waals surface area contributed by atoms with Gasteiger partial charge in [-0.25, -0.2) is 9.18 Å². The molecule has 1 N–H and O–H groups in total. The Balaban J connectivity index is 2.36. The summed E-state index contributed by atoms with van der Waals surface area (Å²) in [5.74, 6) is -1.68. The molecule has 0 bridgehead atoms. The lowest BCUT2D eigenvalue weighted by molar-refractivity contribution is 0.0697. The SMILES string of the molecule is O=C(O)c1cc(Cc2cccc(Cl)c2F)ncc1Cl. The van der Waals surface area contributed by atoms with Gasteiger partial charge in [0.25, 0.3) is 0 Å². The predicted octanol–water partition coefficient (Wildman–Crippen LogP) is 3.82. The number of benzene rings is 1. The maximum Gasteiger partial charge on any atom is 0.337 e. The van der Waals surface area contributed by atoms with Gasteiger partial charge in [-0.05, 0) is 17.7 Å². The van der Waals surface area contributed by atoms with Crippen molar-refractivity contribution < 1.29 is 14.3 Å². The van der Waals surface area contributed by atoms with Crippen LogP contribution in [-0.2, 0) is 6.42 Å². The van der Waals surface area contributed by atoms with Crippen LogP contribution in [0.15, 0.2) is 30.5 Å². The van der Waals surface area contributed by atoms with E-state index in [1.165, 1.54) is 18.3 Å². The fraction of sp³-hybridized carbons (Fsp3) is 0.0769. The first kappa shape index (κ1) is 13.8. The van der Waals surface area contributed by atoms with Crippen molar-refractivity contribution in [2.75, 3.05) is 0 Å². The van der Waals surface area contributed by atoms with Gasteiger partial charge in [-0.3, -0.25) is 4.98 Å². The van der Waals surface area contributed by atoms with Crippen LogP contribution in [-0.4, -0.2) is 16.1 Å². The van der Waals surface area contributed by atoms with Crippen LogP contribution in [0.5, 0.6) is 0 Å². The summed E-state index contributed by atoms with van der Waals surface area (Å²) in [4.78, 5) is 14.9. The minimum absolute atomic E-state index is 0.0184. The van der Waals surface area contributed by atoms with Crippen molar-refractivity contribution in [3.8, 4) is 0 Å². The Kier molecular flexibility index (Phi) is 4.02. The topological polar surface area (TPSA) is 50.2 Å². The summed E-state index contributed by atoms with van der Waals surface area (Å²) in [6.07, 6.45) is 1.38. The van der Waals surface area contributed by atoms with Gasteiger partial charge in [0.15, 0.2) is 0 Å². The summed E-state index contributed by atoms with van der Waals surface area (Å²) in [6, 6.07) is 5.95. The number of aromatic nitrogens is 1. The molecule has 0 amide bonds. The molecule has 0 fully saturated rings. The molecule has 2 aromatic rings. The molecule has 0 saturated heterocycles. The van der Waals surface area contributed by atoms with Gasteiger partial charge >= 0.3 is 5.97 Å². The molecule has 0 aliphatic rings. The molecule has 2 rings (SSSR count). The number of halogens is 3. The van der Waals surface area contributed by atoms with Crippen LogP contribution in [0.25, 0.3) is 0 Å². The number of carboxylic acid groups (broad SMARTS) is 1. The zero-order chi connectivity index (χ0) is 14.0. The molecular formula is C13H8Cl2FNO2. The van der Waals surface area contributed by atoms with E-state index in [2.05, 4.69) is 4.98 Å². The molecule has 19 heavy (non-hydrogen) atoms. The lowest BCUT2D eigenvalue weighted by atomic mass is 10.1. The van der Waals surface area contributed by atoms with Crippen molar-refractivity contribution in [3.05, 3.63) is 63.1 Å². The van der Waals surface area contributed by atoms with Crippen LogP contribution in [0.1, 0.15) is 21.6 Å². The summed E-state index contributed by atoms with van der Waals surface area (Å²) in [5.41, 5.74) is 0.690. The smallest absolute Gasteiger partial charge is 0.337 e. The van der Waals surface area contributed by atoms with Crippen molar-refractivity contribution >= 4 is 29.2 Å². The molecule has 0 spiro atoms. The van der Waals surface area contributed by atoms with Crippen molar-refractivity contribution in [3.63, 3.8) is 0 Å². The Morgan fingerprint density at radius 2 is 2.05 bits per heavy atom. The number of pyridine rings is 1. The van der Waals surface area contributed by atoms with Gasteiger partial charge in [-0.2, -0.15) is 0 Å². The molecule has 0 unspecified atom stereocenters. The molecule has 98 valence electrons. The molecule has 0 radical (unpaired) electrons. The van der Waals surface area contributed by atoms with E-state index in [1.54, 1.807) is 12.1 Å². The largest absolute Gasteiger partial charge is 0.478 e. The van der Waals surface area contributed by atoms with Crippen molar-refractivity contribution in [2.45, 2.75) is 6.42 Å². The lowest BCUT2D eigenvalue weighted by Crippen LogP contribution is -2.02. The van der Waals surface area contributed by atoms with Gasteiger partial charge in [0.2, 0.25) is 0 Å². The second kappa shape index (κ2) is 5.55. The molecule has 1 aromatic carbocycles. The van der Waals surface area contributed by atoms with E-state index in [0.29, 0.717) is 11.3 Å². The van der Waals surface area contributed by atoms with E-state index in [1.807, 2.05) is 0 Å². The number of hydrogen-bond acceptors (Lipinski definition) is 2. The van der Waals surface area contributed by atoms with E-state index in [-0.39, 0.29) is 22.0 Å². The summed E-state index contributed by atoms with van der Waals surface area (Å²) >= 11 is 11.4. The normalized spacial score (nSPS) is 10.5. The second-order valence-electron chi connectivity index (χ2n) is 3.85. The fourth-order valence-corrected chi connectivity index (χ4v) is 2.00. The zero-order valence-corrected chi connectivity index (χ0v) is 11.0. The third kappa shape index (κ3) is 3.03. The predicted molar refractivity (Wildman–Crippen MR) is 70.4 cm³/mol. The summed E-state index contributed by atoms with van der Waals surface area (Å²) in [5, 5.41) is 9.01. The average molecular weight is 300 g/mol. The highest BCUT2D eigenvalue weighted by Gasteiger charge is 2.12. The Bertz CT molecular complexity index is 647. The van der Waals surface area contributed by atoms with E-state index in [9.17, 15) is 9.18 Å². The highest BCUT2D eigenvalue weighted by atomic mass is 35.5. The fourth-order valence-electron chi connectivity index (χ4n) is 1.62. The maximum atomic E-state index is 13.7. The first-order valence-electron chi connectivity index (χ1n) is 5.29. The van der Waals surface area contributed by atoms with Gasteiger partial charge < -0.3 is 5.11 Å². The van der Waals surface area contributed by atoms with E-state index < -0.39 is 11.8 Å². The molecule has 6 heteroatoms. The van der Waals surface area contributed by atoms with E-state index in [4.69, 9.17) is 28.3 Å². The quantitative estimate of drug-likeness (QED) is 0.937. The molecule has 0 aliphatic heterocycles. The number of rotatable bonds is 3. The lowest BCUT2D eigenvalue weighted by Gasteiger charge is -2.06. The van der Waals surface area contributed by atoms with Gasteiger partial charge in [0, 0.05) is 18.3 Å². The summed E-state index contributed by atoms with van der Waals surface area (Å²) in [7, 11) is 0. The zero-order valence-electron chi connectivity index (χ0n) is 9.53. The molecule has 1 aromatic heterocycles. The van der Waals surface area contributed by atoms with Gasteiger partial charge in [-0.1, -0.05) is 35.3 Å². The second-order valence-corrected chi connectivity index (χ2v) is 4.66. The van der Waals surface area contributed by atoms with Gasteiger partial charge in [0.05, 0.1) is 15.6 Å². The number of hydrogen-bond donors (Lipinski definition) is 1. The van der Waals surface area contributed by atoms with Crippen molar-refractivity contribution in [1.82, 2.24) is 4.98 Å². The Morgan fingerprint density at radius 3 is 2.74 bits per heavy atom. The average Bonchev–Trinajstić information content (AvgIpc) is 2.37.